The number of ether oxygens (including phenoxy) is 3. The van der Waals surface area contributed by atoms with E-state index in [1.165, 1.54) is 14.0 Å². The topological polar surface area (TPSA) is 100.0 Å². The molecule has 0 unspecified atom stereocenters. The normalized spacial score (nSPS) is 15.1. The van der Waals surface area contributed by atoms with Gasteiger partial charge < -0.3 is 19.1 Å². The largest absolute Gasteiger partial charge is 0.468 e. The summed E-state index contributed by atoms with van der Waals surface area (Å²) in [7, 11) is 1.41. The number of benzene rings is 2. The molecular formula is C27H29N3O6. The van der Waals surface area contributed by atoms with Gasteiger partial charge in [0.05, 0.1) is 13.2 Å². The highest BCUT2D eigenvalue weighted by Crippen LogP contribution is 2.42. The van der Waals surface area contributed by atoms with Gasteiger partial charge in [-0.3, -0.25) is 19.0 Å². The van der Waals surface area contributed by atoms with Gasteiger partial charge in [-0.05, 0) is 25.0 Å². The maximum Gasteiger partial charge on any atom is 0.319 e. The summed E-state index contributed by atoms with van der Waals surface area (Å²) in [6.07, 6.45) is 0. The van der Waals surface area contributed by atoms with Crippen LogP contribution in [0.15, 0.2) is 65.5 Å². The van der Waals surface area contributed by atoms with E-state index >= 15 is 0 Å². The summed E-state index contributed by atoms with van der Waals surface area (Å²) in [4.78, 5) is 43.7. The van der Waals surface area contributed by atoms with Crippen LogP contribution in [0.2, 0.25) is 0 Å². The smallest absolute Gasteiger partial charge is 0.319 e. The predicted octanol–water partition coefficient (Wildman–Crippen LogP) is 3.39. The van der Waals surface area contributed by atoms with Gasteiger partial charge in [0.1, 0.15) is 0 Å². The molecule has 1 aromatic heterocycles. The maximum atomic E-state index is 13.7. The molecule has 1 aliphatic heterocycles. The molecule has 0 N–H and O–H groups in total. The molecule has 2 heterocycles. The number of methoxy groups -OCH3 is 1. The molecule has 36 heavy (non-hydrogen) atoms. The molecule has 0 saturated carbocycles. The van der Waals surface area contributed by atoms with Crippen LogP contribution in [0.1, 0.15) is 54.3 Å². The fourth-order valence-electron chi connectivity index (χ4n) is 4.61. The van der Waals surface area contributed by atoms with E-state index in [1.54, 1.807) is 9.47 Å². The Hall–Kier alpha value is -4.14. The lowest BCUT2D eigenvalue weighted by Gasteiger charge is -2.42. The van der Waals surface area contributed by atoms with E-state index in [0.717, 1.165) is 11.1 Å². The van der Waals surface area contributed by atoms with E-state index in [9.17, 15) is 14.4 Å². The predicted molar refractivity (Wildman–Crippen MR) is 132 cm³/mol. The number of carbonyl (C=O) groups is 2. The Morgan fingerprint density at radius 2 is 1.61 bits per heavy atom. The third kappa shape index (κ3) is 4.82. The van der Waals surface area contributed by atoms with Crippen molar-refractivity contribution in [2.75, 3.05) is 20.4 Å². The molecule has 0 spiro atoms. The number of hydrogen-bond donors (Lipinski definition) is 0. The maximum absolute atomic E-state index is 13.7. The molecular weight excluding hydrogens is 462 g/mol. The number of fused-ring (bicyclic) bond motifs is 1. The standard InChI is InChI=1S/C27H29N3O6/c1-17(2)29-15-21(22(19-11-7-5-8-12-19)20-13-9-6-10-14-20)30-23(26(29)33)24(36-16-35-18(3)31)25(32)28-27(30)34-4/h5-14,17,21-22H,15-16H2,1-4H3/t21-/m1/s1. The van der Waals surface area contributed by atoms with E-state index in [-0.39, 0.29) is 35.5 Å². The number of aromatic nitrogens is 2. The van der Waals surface area contributed by atoms with Crippen LogP contribution in [-0.2, 0) is 9.53 Å². The van der Waals surface area contributed by atoms with Crippen molar-refractivity contribution in [1.82, 2.24) is 14.5 Å². The number of nitrogens with zero attached hydrogens (tertiary/aromatic N) is 3. The molecule has 0 saturated heterocycles. The fourth-order valence-corrected chi connectivity index (χ4v) is 4.61. The van der Waals surface area contributed by atoms with Gasteiger partial charge in [0.15, 0.2) is 5.69 Å². The summed E-state index contributed by atoms with van der Waals surface area (Å²) in [6.45, 7) is 4.89. The minimum absolute atomic E-state index is 0.00783. The van der Waals surface area contributed by atoms with E-state index < -0.39 is 24.2 Å². The number of amides is 1. The molecule has 1 amide bonds. The Balaban J connectivity index is 1.98. The SMILES string of the molecule is COc1nc(=O)c(OCOC(C)=O)c2n1[C@@H](C(c1ccccc1)c1ccccc1)CN(C(C)C)C2=O. The Bertz CT molecular complexity index is 1250. The van der Waals surface area contributed by atoms with E-state index in [2.05, 4.69) is 4.98 Å². The second-order valence-corrected chi connectivity index (χ2v) is 8.77. The van der Waals surface area contributed by atoms with Gasteiger partial charge >= 0.3 is 17.5 Å². The fraction of sp³-hybridized carbons (Fsp3) is 0.333. The first-order valence-corrected chi connectivity index (χ1v) is 11.7. The summed E-state index contributed by atoms with van der Waals surface area (Å²) in [5, 5.41) is 0. The van der Waals surface area contributed by atoms with Gasteiger partial charge in [-0.2, -0.15) is 4.98 Å². The molecule has 188 valence electrons. The molecule has 0 fully saturated rings. The molecule has 0 radical (unpaired) electrons. The molecule has 1 atom stereocenters. The van der Waals surface area contributed by atoms with Crippen molar-refractivity contribution in [3.63, 3.8) is 0 Å². The van der Waals surface area contributed by atoms with Crippen molar-refractivity contribution in [3.8, 4) is 11.8 Å². The molecule has 4 rings (SSSR count). The molecule has 1 aliphatic rings. The van der Waals surface area contributed by atoms with Crippen molar-refractivity contribution in [3.05, 3.63) is 87.8 Å². The summed E-state index contributed by atoms with van der Waals surface area (Å²) in [5.74, 6) is -1.46. The number of rotatable bonds is 8. The average Bonchev–Trinajstić information content (AvgIpc) is 2.87. The van der Waals surface area contributed by atoms with E-state index in [4.69, 9.17) is 14.2 Å². The van der Waals surface area contributed by atoms with Crippen LogP contribution in [-0.4, -0.2) is 52.8 Å². The lowest BCUT2D eigenvalue weighted by Crippen LogP contribution is -2.49. The average molecular weight is 492 g/mol. The minimum Gasteiger partial charge on any atom is -0.468 e. The van der Waals surface area contributed by atoms with Gasteiger partial charge in [0, 0.05) is 25.4 Å². The lowest BCUT2D eigenvalue weighted by molar-refractivity contribution is -0.147. The first kappa shape index (κ1) is 25.0. The minimum atomic E-state index is -0.779. The summed E-state index contributed by atoms with van der Waals surface area (Å²) < 4.78 is 17.6. The lowest BCUT2D eigenvalue weighted by atomic mass is 9.83. The van der Waals surface area contributed by atoms with Crippen LogP contribution >= 0.6 is 0 Å². The Morgan fingerprint density at radius 1 is 1.03 bits per heavy atom. The number of esters is 1. The summed E-state index contributed by atoms with van der Waals surface area (Å²) >= 11 is 0. The van der Waals surface area contributed by atoms with Gasteiger partial charge in [0.2, 0.25) is 12.5 Å². The quantitative estimate of drug-likeness (QED) is 0.352. The number of carbonyl (C=O) groups excluding carboxylic acids is 2. The van der Waals surface area contributed by atoms with E-state index in [1.807, 2.05) is 74.5 Å². The van der Waals surface area contributed by atoms with Gasteiger partial charge in [-0.25, -0.2) is 0 Å². The first-order chi connectivity index (χ1) is 17.3. The zero-order chi connectivity index (χ0) is 25.8. The van der Waals surface area contributed by atoms with E-state index in [0.29, 0.717) is 6.54 Å². The zero-order valence-electron chi connectivity index (χ0n) is 20.7. The van der Waals surface area contributed by atoms with Crippen LogP contribution in [0.25, 0.3) is 0 Å². The van der Waals surface area contributed by atoms with Crippen molar-refractivity contribution >= 4 is 11.9 Å². The third-order valence-corrected chi connectivity index (χ3v) is 6.21. The van der Waals surface area contributed by atoms with Crippen LogP contribution in [0.3, 0.4) is 0 Å². The molecule has 0 aliphatic carbocycles. The van der Waals surface area contributed by atoms with Crippen LogP contribution in [0.4, 0.5) is 0 Å². The molecule has 0 bridgehead atoms. The monoisotopic (exact) mass is 491 g/mol. The second-order valence-electron chi connectivity index (χ2n) is 8.77. The molecule has 9 heteroatoms. The Morgan fingerprint density at radius 3 is 2.11 bits per heavy atom. The summed E-state index contributed by atoms with van der Waals surface area (Å²) in [6, 6.07) is 19.4. The van der Waals surface area contributed by atoms with Gasteiger partial charge in [-0.1, -0.05) is 60.7 Å². The van der Waals surface area contributed by atoms with Crippen molar-refractivity contribution in [2.24, 2.45) is 0 Å². The van der Waals surface area contributed by atoms with Gasteiger partial charge in [0.25, 0.3) is 5.91 Å². The number of hydrogen-bond acceptors (Lipinski definition) is 7. The molecule has 9 nitrogen and oxygen atoms in total. The van der Waals surface area contributed by atoms with Crippen LogP contribution in [0, 0.1) is 0 Å². The second kappa shape index (κ2) is 10.6. The van der Waals surface area contributed by atoms with Crippen molar-refractivity contribution in [1.29, 1.82) is 0 Å². The molecule has 2 aromatic carbocycles. The Labute approximate surface area is 209 Å². The van der Waals surface area contributed by atoms with Crippen LogP contribution < -0.4 is 15.0 Å². The first-order valence-electron chi connectivity index (χ1n) is 11.7. The highest BCUT2D eigenvalue weighted by molar-refractivity contribution is 5.96. The highest BCUT2D eigenvalue weighted by Gasteiger charge is 2.42. The Kier molecular flexibility index (Phi) is 7.38. The van der Waals surface area contributed by atoms with Crippen molar-refractivity contribution < 1.29 is 23.8 Å². The van der Waals surface area contributed by atoms with Crippen LogP contribution in [0.5, 0.6) is 11.8 Å². The third-order valence-electron chi connectivity index (χ3n) is 6.21. The summed E-state index contributed by atoms with van der Waals surface area (Å²) in [5.41, 5.74) is 1.29. The molecule has 3 aromatic rings. The zero-order valence-corrected chi connectivity index (χ0v) is 20.7. The van der Waals surface area contributed by atoms with Crippen molar-refractivity contribution in [2.45, 2.75) is 38.8 Å². The highest BCUT2D eigenvalue weighted by atomic mass is 16.7. The van der Waals surface area contributed by atoms with Gasteiger partial charge in [-0.15, -0.1) is 0 Å².